The quantitative estimate of drug-likeness (QED) is 0.545. The summed E-state index contributed by atoms with van der Waals surface area (Å²) in [5.74, 6) is 0.228. The second kappa shape index (κ2) is 7.88. The molecule has 1 heterocycles. The standard InChI is InChI=1S/C24H29NO3Si/c1-24(2,3)29(19-10-6-4-7-11-19,20-12-8-5-9-13-20)28-17-22-23(26)27-16-21(25-22)18-14-15-18/h4-13,18,22H,14-17H2,1-3H3/t22-/m0/s1. The third-order valence-corrected chi connectivity index (χ3v) is 10.9. The van der Waals surface area contributed by atoms with E-state index in [4.69, 9.17) is 14.2 Å². The zero-order valence-electron chi connectivity index (χ0n) is 17.4. The minimum absolute atomic E-state index is 0.128. The lowest BCUT2D eigenvalue weighted by Gasteiger charge is -2.43. The van der Waals surface area contributed by atoms with Crippen LogP contribution in [0.4, 0.5) is 0 Å². The fourth-order valence-electron chi connectivity index (χ4n) is 4.24. The molecule has 0 saturated heterocycles. The van der Waals surface area contributed by atoms with E-state index in [2.05, 4.69) is 69.3 Å². The van der Waals surface area contributed by atoms with Crippen molar-refractivity contribution < 1.29 is 14.0 Å². The minimum atomic E-state index is -2.67. The Bertz CT molecular complexity index is 846. The lowest BCUT2D eigenvalue weighted by molar-refractivity contribution is -0.145. The van der Waals surface area contributed by atoms with Gasteiger partial charge in [-0.2, -0.15) is 0 Å². The SMILES string of the molecule is CC(C)(C)[Si](OC[C@@H]1N=C(C2CC2)COC1=O)(c1ccccc1)c1ccccc1. The number of rotatable bonds is 6. The van der Waals surface area contributed by atoms with E-state index < -0.39 is 14.4 Å². The first-order valence-corrected chi connectivity index (χ1v) is 12.3. The van der Waals surface area contributed by atoms with E-state index in [0.29, 0.717) is 12.5 Å². The van der Waals surface area contributed by atoms with Crippen LogP contribution >= 0.6 is 0 Å². The number of ether oxygens (including phenoxy) is 1. The molecule has 2 aromatic carbocycles. The van der Waals surface area contributed by atoms with Gasteiger partial charge in [-0.25, -0.2) is 4.79 Å². The molecule has 29 heavy (non-hydrogen) atoms. The lowest BCUT2D eigenvalue weighted by Crippen LogP contribution is -2.67. The number of carbonyl (C=O) groups excluding carboxylic acids is 1. The summed E-state index contributed by atoms with van der Waals surface area (Å²) in [5, 5.41) is 2.28. The van der Waals surface area contributed by atoms with Crippen molar-refractivity contribution in [1.29, 1.82) is 0 Å². The van der Waals surface area contributed by atoms with Crippen LogP contribution in [0.15, 0.2) is 65.7 Å². The Morgan fingerprint density at radius 1 is 1.00 bits per heavy atom. The monoisotopic (exact) mass is 407 g/mol. The van der Waals surface area contributed by atoms with Crippen molar-refractivity contribution >= 4 is 30.4 Å². The van der Waals surface area contributed by atoms with E-state index in [9.17, 15) is 4.79 Å². The topological polar surface area (TPSA) is 47.9 Å². The highest BCUT2D eigenvalue weighted by Gasteiger charge is 2.51. The highest BCUT2D eigenvalue weighted by Crippen LogP contribution is 2.37. The maximum atomic E-state index is 12.4. The smallest absolute Gasteiger partial charge is 0.333 e. The van der Waals surface area contributed by atoms with E-state index in [1.165, 1.54) is 10.4 Å². The molecular formula is C24H29NO3Si. The highest BCUT2D eigenvalue weighted by molar-refractivity contribution is 6.99. The summed E-state index contributed by atoms with van der Waals surface area (Å²) in [6, 6.07) is 20.4. The molecule has 0 N–H and O–H groups in total. The molecule has 2 aliphatic rings. The molecule has 0 unspecified atom stereocenters. The van der Waals surface area contributed by atoms with Crippen LogP contribution in [-0.4, -0.2) is 39.3 Å². The Morgan fingerprint density at radius 2 is 1.55 bits per heavy atom. The Balaban J connectivity index is 1.72. The summed E-state index contributed by atoms with van der Waals surface area (Å²) >= 11 is 0. The molecule has 0 bridgehead atoms. The second-order valence-corrected chi connectivity index (χ2v) is 13.3. The van der Waals surface area contributed by atoms with Crippen molar-refractivity contribution in [2.75, 3.05) is 13.2 Å². The van der Waals surface area contributed by atoms with E-state index in [1.807, 2.05) is 12.1 Å². The van der Waals surface area contributed by atoms with Crippen LogP contribution in [0.25, 0.3) is 0 Å². The molecule has 0 amide bonds. The molecule has 5 heteroatoms. The van der Waals surface area contributed by atoms with Crippen LogP contribution in [-0.2, 0) is 14.0 Å². The molecule has 1 atom stereocenters. The summed E-state index contributed by atoms with van der Waals surface area (Å²) in [5.41, 5.74) is 1.03. The van der Waals surface area contributed by atoms with Crippen molar-refractivity contribution in [3.63, 3.8) is 0 Å². The molecule has 0 aromatic heterocycles. The molecule has 1 saturated carbocycles. The number of hydrogen-bond donors (Lipinski definition) is 0. The second-order valence-electron chi connectivity index (χ2n) is 8.99. The number of aliphatic imine (C=N–C) groups is 1. The van der Waals surface area contributed by atoms with E-state index >= 15 is 0 Å². The van der Waals surface area contributed by atoms with Crippen molar-refractivity contribution in [2.45, 2.75) is 44.7 Å². The minimum Gasteiger partial charge on any atom is -0.458 e. The Morgan fingerprint density at radius 3 is 2.03 bits per heavy atom. The molecule has 152 valence electrons. The van der Waals surface area contributed by atoms with Gasteiger partial charge in [0.1, 0.15) is 6.61 Å². The predicted molar refractivity (Wildman–Crippen MR) is 118 cm³/mol. The van der Waals surface area contributed by atoms with Crippen molar-refractivity contribution in [2.24, 2.45) is 10.9 Å². The molecule has 1 fully saturated rings. The Hall–Kier alpha value is -2.24. The maximum absolute atomic E-state index is 12.4. The largest absolute Gasteiger partial charge is 0.458 e. The van der Waals surface area contributed by atoms with Gasteiger partial charge in [-0.3, -0.25) is 4.99 Å². The fraction of sp³-hybridized carbons (Fsp3) is 0.417. The zero-order valence-corrected chi connectivity index (χ0v) is 18.4. The van der Waals surface area contributed by atoms with E-state index in [-0.39, 0.29) is 17.6 Å². The number of carbonyl (C=O) groups is 1. The van der Waals surface area contributed by atoms with Gasteiger partial charge in [-0.15, -0.1) is 0 Å². The van der Waals surface area contributed by atoms with Gasteiger partial charge in [0.05, 0.1) is 12.3 Å². The zero-order chi connectivity index (χ0) is 20.5. The number of esters is 1. The molecule has 1 aliphatic heterocycles. The Kier molecular flexibility index (Phi) is 5.45. The third kappa shape index (κ3) is 3.94. The average Bonchev–Trinajstić information content (AvgIpc) is 3.56. The van der Waals surface area contributed by atoms with Crippen molar-refractivity contribution in [3.05, 3.63) is 60.7 Å². The first-order chi connectivity index (χ1) is 13.9. The van der Waals surface area contributed by atoms with Gasteiger partial charge in [-0.05, 0) is 28.3 Å². The molecule has 4 rings (SSSR count). The van der Waals surface area contributed by atoms with Gasteiger partial charge in [0.25, 0.3) is 8.32 Å². The number of nitrogens with zero attached hydrogens (tertiary/aromatic N) is 1. The average molecular weight is 408 g/mol. The molecule has 0 spiro atoms. The molecule has 1 aliphatic carbocycles. The van der Waals surface area contributed by atoms with Gasteiger partial charge in [0, 0.05) is 5.92 Å². The number of cyclic esters (lactones) is 1. The van der Waals surface area contributed by atoms with Crippen LogP contribution in [0.5, 0.6) is 0 Å². The van der Waals surface area contributed by atoms with Gasteiger partial charge in [-0.1, -0.05) is 81.4 Å². The van der Waals surface area contributed by atoms with Gasteiger partial charge in [0.15, 0.2) is 6.04 Å². The summed E-state index contributed by atoms with van der Waals surface area (Å²) in [6.45, 7) is 7.30. The lowest BCUT2D eigenvalue weighted by atomic mass is 10.2. The van der Waals surface area contributed by atoms with Crippen LogP contribution in [0.2, 0.25) is 5.04 Å². The summed E-state index contributed by atoms with van der Waals surface area (Å²) in [6.07, 6.45) is 2.30. The van der Waals surface area contributed by atoms with Crippen molar-refractivity contribution in [1.82, 2.24) is 0 Å². The van der Waals surface area contributed by atoms with Crippen LogP contribution < -0.4 is 10.4 Å². The molecule has 2 aromatic rings. The molecular weight excluding hydrogens is 378 g/mol. The molecule has 0 radical (unpaired) electrons. The van der Waals surface area contributed by atoms with Crippen molar-refractivity contribution in [3.8, 4) is 0 Å². The third-order valence-electron chi connectivity index (χ3n) is 5.88. The summed E-state index contributed by atoms with van der Waals surface area (Å²) < 4.78 is 12.3. The first-order valence-electron chi connectivity index (χ1n) is 10.4. The predicted octanol–water partition coefficient (Wildman–Crippen LogP) is 3.34. The van der Waals surface area contributed by atoms with Crippen LogP contribution in [0.1, 0.15) is 33.6 Å². The fourth-order valence-corrected chi connectivity index (χ4v) is 8.81. The van der Waals surface area contributed by atoms with Crippen LogP contribution in [0, 0.1) is 5.92 Å². The summed E-state index contributed by atoms with van der Waals surface area (Å²) in [7, 11) is -2.67. The first kappa shape index (κ1) is 20.0. The van der Waals surface area contributed by atoms with E-state index in [1.54, 1.807) is 0 Å². The molecule has 4 nitrogen and oxygen atoms in total. The summed E-state index contributed by atoms with van der Waals surface area (Å²) in [4.78, 5) is 17.2. The maximum Gasteiger partial charge on any atom is 0.333 e. The van der Waals surface area contributed by atoms with Gasteiger partial charge in [0.2, 0.25) is 0 Å². The van der Waals surface area contributed by atoms with Gasteiger partial charge >= 0.3 is 5.97 Å². The normalized spacial score (nSPS) is 20.2. The highest BCUT2D eigenvalue weighted by atomic mass is 28.4. The number of hydrogen-bond acceptors (Lipinski definition) is 4. The van der Waals surface area contributed by atoms with E-state index in [0.717, 1.165) is 18.6 Å². The Labute approximate surface area is 174 Å². The number of benzene rings is 2. The van der Waals surface area contributed by atoms with Gasteiger partial charge < -0.3 is 9.16 Å². The van der Waals surface area contributed by atoms with Crippen LogP contribution in [0.3, 0.4) is 0 Å².